The summed E-state index contributed by atoms with van der Waals surface area (Å²) < 4.78 is 5.25. The number of rotatable bonds is 5. The summed E-state index contributed by atoms with van der Waals surface area (Å²) in [6.45, 7) is 2.89. The number of aromatic nitrogens is 3. The minimum Gasteiger partial charge on any atom is -0.442 e. The number of cyclic esters (lactones) is 1. The molecule has 0 aromatic carbocycles. The van der Waals surface area contributed by atoms with Gasteiger partial charge in [0.25, 0.3) is 11.1 Å². The van der Waals surface area contributed by atoms with Crippen molar-refractivity contribution in [2.75, 3.05) is 49.1 Å². The van der Waals surface area contributed by atoms with E-state index in [1.54, 1.807) is 17.2 Å². The summed E-state index contributed by atoms with van der Waals surface area (Å²) in [6.07, 6.45) is 5.20. The summed E-state index contributed by atoms with van der Waals surface area (Å²) in [7, 11) is 0. The van der Waals surface area contributed by atoms with Crippen LogP contribution in [0, 0.1) is 0 Å². The van der Waals surface area contributed by atoms with E-state index in [0.29, 0.717) is 44.1 Å². The average molecular weight is 443 g/mol. The number of thiol groups is 1. The van der Waals surface area contributed by atoms with Crippen molar-refractivity contribution in [3.05, 3.63) is 42.6 Å². The van der Waals surface area contributed by atoms with Crippen LogP contribution in [0.3, 0.4) is 0 Å². The first-order valence-corrected chi connectivity index (χ1v) is 10.2. The number of anilines is 2. The second-order valence-electron chi connectivity index (χ2n) is 7.05. The van der Waals surface area contributed by atoms with Crippen LogP contribution in [0.15, 0.2) is 36.9 Å². The Bertz CT molecular complexity index is 951. The normalized spacial score (nSPS) is 18.7. The fraction of sp³-hybridized carbons (Fsp3) is 0.368. The van der Waals surface area contributed by atoms with Crippen LogP contribution in [0.2, 0.25) is 0 Å². The molecule has 31 heavy (non-hydrogen) atoms. The van der Waals surface area contributed by atoms with Gasteiger partial charge in [0.2, 0.25) is 0 Å². The van der Waals surface area contributed by atoms with E-state index in [-0.39, 0.29) is 12.5 Å². The van der Waals surface area contributed by atoms with Crippen LogP contribution in [0.1, 0.15) is 10.5 Å². The van der Waals surface area contributed by atoms with Gasteiger partial charge in [-0.1, -0.05) is 12.6 Å². The molecule has 0 radical (unpaired) electrons. The second kappa shape index (κ2) is 9.16. The second-order valence-corrected chi connectivity index (χ2v) is 7.45. The van der Waals surface area contributed by atoms with E-state index in [1.807, 2.05) is 6.07 Å². The number of ether oxygens (including phenoxy) is 1. The minimum absolute atomic E-state index is 0.132. The quantitative estimate of drug-likeness (QED) is 0.651. The molecule has 4 rings (SSSR count). The summed E-state index contributed by atoms with van der Waals surface area (Å²) in [5.74, 6) is 0.633. The Labute approximate surface area is 183 Å². The molecule has 0 spiro atoms. The van der Waals surface area contributed by atoms with Crippen molar-refractivity contribution in [3.63, 3.8) is 0 Å². The highest BCUT2D eigenvalue weighted by atomic mass is 32.1. The third kappa shape index (κ3) is 4.85. The maximum absolute atomic E-state index is 12.5. The summed E-state index contributed by atoms with van der Waals surface area (Å²) in [5.41, 5.74) is 0.952. The number of carbonyl (C=O) groups is 3. The zero-order chi connectivity index (χ0) is 21.8. The zero-order valence-electron chi connectivity index (χ0n) is 16.5. The average Bonchev–Trinajstić information content (AvgIpc) is 3.18. The predicted molar refractivity (Wildman–Crippen MR) is 114 cm³/mol. The van der Waals surface area contributed by atoms with E-state index >= 15 is 0 Å². The molecule has 0 aliphatic carbocycles. The standard InChI is InChI=1S/C19H21N7O4S/c27-17(15-11-20-3-4-21-15)25-7-5-24(6-8-25)16-2-1-13(9-22-16)26-12-14(30-19(26)29)10-23-18(28)31/h1-4,9,11,14H,5-8,10,12H2,(H2,23,28,31). The van der Waals surface area contributed by atoms with Gasteiger partial charge in [-0.2, -0.15) is 0 Å². The highest BCUT2D eigenvalue weighted by Gasteiger charge is 2.32. The number of carbonyl (C=O) groups excluding carboxylic acids is 3. The molecule has 2 aromatic rings. The van der Waals surface area contributed by atoms with Crippen LogP contribution in [-0.2, 0) is 4.74 Å². The summed E-state index contributed by atoms with van der Waals surface area (Å²) in [4.78, 5) is 53.3. The van der Waals surface area contributed by atoms with E-state index in [9.17, 15) is 14.4 Å². The first-order chi connectivity index (χ1) is 15.0. The molecule has 1 N–H and O–H groups in total. The fourth-order valence-electron chi connectivity index (χ4n) is 3.47. The Balaban J connectivity index is 1.32. The number of pyridine rings is 1. The van der Waals surface area contributed by atoms with Crippen molar-refractivity contribution >= 4 is 41.4 Å². The molecular weight excluding hydrogens is 422 g/mol. The van der Waals surface area contributed by atoms with E-state index < -0.39 is 17.4 Å². The molecule has 2 saturated heterocycles. The monoisotopic (exact) mass is 443 g/mol. The van der Waals surface area contributed by atoms with Crippen molar-refractivity contribution < 1.29 is 19.1 Å². The first kappa shape index (κ1) is 20.8. The van der Waals surface area contributed by atoms with Gasteiger partial charge in [-0.25, -0.2) is 14.8 Å². The van der Waals surface area contributed by atoms with Crippen molar-refractivity contribution in [1.29, 1.82) is 0 Å². The van der Waals surface area contributed by atoms with E-state index in [2.05, 4.69) is 37.8 Å². The zero-order valence-corrected chi connectivity index (χ0v) is 17.4. The lowest BCUT2D eigenvalue weighted by molar-refractivity contribution is 0.0740. The van der Waals surface area contributed by atoms with E-state index in [1.165, 1.54) is 23.5 Å². The summed E-state index contributed by atoms with van der Waals surface area (Å²) in [5, 5.41) is 2.04. The smallest absolute Gasteiger partial charge is 0.414 e. The number of nitrogens with one attached hydrogen (secondary N) is 1. The SMILES string of the molecule is O=C(S)NCC1CN(c2ccc(N3CCN(C(=O)c4cnccn4)CC3)nc2)C(=O)O1. The molecule has 2 aromatic heterocycles. The van der Waals surface area contributed by atoms with Gasteiger partial charge in [0, 0.05) is 38.6 Å². The topological polar surface area (TPSA) is 121 Å². The maximum Gasteiger partial charge on any atom is 0.414 e. The molecule has 1 atom stereocenters. The number of piperazine rings is 1. The van der Waals surface area contributed by atoms with Gasteiger partial charge < -0.3 is 19.9 Å². The molecule has 0 bridgehead atoms. The lowest BCUT2D eigenvalue weighted by Gasteiger charge is -2.35. The summed E-state index contributed by atoms with van der Waals surface area (Å²) in [6, 6.07) is 3.64. The lowest BCUT2D eigenvalue weighted by atomic mass is 10.2. The molecule has 2 aliphatic heterocycles. The maximum atomic E-state index is 12.5. The van der Waals surface area contributed by atoms with Crippen molar-refractivity contribution in [3.8, 4) is 0 Å². The summed E-state index contributed by atoms with van der Waals surface area (Å²) >= 11 is 3.64. The van der Waals surface area contributed by atoms with Gasteiger partial charge in [-0.05, 0) is 12.1 Å². The number of hydrogen-bond acceptors (Lipinski definition) is 8. The fourth-order valence-corrected chi connectivity index (χ4v) is 3.57. The highest BCUT2D eigenvalue weighted by Crippen LogP contribution is 2.23. The minimum atomic E-state index is -0.482. The largest absolute Gasteiger partial charge is 0.442 e. The Hall–Kier alpha value is -3.41. The molecule has 12 heteroatoms. The molecule has 3 amide bonds. The van der Waals surface area contributed by atoms with Gasteiger partial charge >= 0.3 is 6.09 Å². The number of hydrogen-bond donors (Lipinski definition) is 2. The van der Waals surface area contributed by atoms with Crippen LogP contribution in [0.25, 0.3) is 0 Å². The van der Waals surface area contributed by atoms with Crippen molar-refractivity contribution in [2.24, 2.45) is 0 Å². The third-order valence-corrected chi connectivity index (χ3v) is 5.23. The first-order valence-electron chi connectivity index (χ1n) is 9.72. The molecular formula is C19H21N7O4S. The molecule has 1 unspecified atom stereocenters. The van der Waals surface area contributed by atoms with Crippen molar-refractivity contribution in [2.45, 2.75) is 6.10 Å². The van der Waals surface area contributed by atoms with Crippen LogP contribution in [-0.4, -0.2) is 82.5 Å². The van der Waals surface area contributed by atoms with E-state index in [4.69, 9.17) is 4.74 Å². The van der Waals surface area contributed by atoms with Crippen molar-refractivity contribution in [1.82, 2.24) is 25.2 Å². The van der Waals surface area contributed by atoms with Gasteiger partial charge in [-0.15, -0.1) is 0 Å². The Morgan fingerprint density at radius 3 is 2.58 bits per heavy atom. The molecule has 0 saturated carbocycles. The number of amides is 3. The molecule has 162 valence electrons. The van der Waals surface area contributed by atoms with Gasteiger partial charge in [-0.3, -0.25) is 19.5 Å². The molecule has 2 aliphatic rings. The lowest BCUT2D eigenvalue weighted by Crippen LogP contribution is -2.49. The van der Waals surface area contributed by atoms with E-state index in [0.717, 1.165) is 5.82 Å². The highest BCUT2D eigenvalue weighted by molar-refractivity contribution is 7.96. The van der Waals surface area contributed by atoms with Gasteiger partial charge in [0.05, 0.1) is 31.2 Å². The van der Waals surface area contributed by atoms with Crippen LogP contribution in [0.4, 0.5) is 21.1 Å². The molecule has 11 nitrogen and oxygen atoms in total. The van der Waals surface area contributed by atoms with Gasteiger partial charge in [0.1, 0.15) is 17.6 Å². The van der Waals surface area contributed by atoms with Crippen LogP contribution >= 0.6 is 12.6 Å². The molecule has 2 fully saturated rings. The Morgan fingerprint density at radius 2 is 1.94 bits per heavy atom. The number of nitrogens with zero attached hydrogens (tertiary/aromatic N) is 6. The molecule has 4 heterocycles. The predicted octanol–water partition coefficient (Wildman–Crippen LogP) is 0.799. The van der Waals surface area contributed by atoms with Gasteiger partial charge in [0.15, 0.2) is 0 Å². The van der Waals surface area contributed by atoms with Crippen LogP contribution in [0.5, 0.6) is 0 Å². The third-order valence-electron chi connectivity index (χ3n) is 5.07. The Kier molecular flexibility index (Phi) is 6.16. The Morgan fingerprint density at radius 1 is 1.13 bits per heavy atom. The van der Waals surface area contributed by atoms with Crippen LogP contribution < -0.4 is 15.1 Å².